The number of rotatable bonds is 11. The van der Waals surface area contributed by atoms with E-state index in [0.717, 1.165) is 30.4 Å². The summed E-state index contributed by atoms with van der Waals surface area (Å²) in [6.45, 7) is 11.4. The van der Waals surface area contributed by atoms with Crippen molar-refractivity contribution in [3.8, 4) is 12.3 Å². The number of allylic oxidation sites excluding steroid dienone is 4. The van der Waals surface area contributed by atoms with Crippen LogP contribution in [0.5, 0.6) is 0 Å². The summed E-state index contributed by atoms with van der Waals surface area (Å²) < 4.78 is 13.8. The van der Waals surface area contributed by atoms with Crippen LogP contribution >= 0.6 is 9.24 Å². The van der Waals surface area contributed by atoms with Crippen molar-refractivity contribution in [3.05, 3.63) is 53.4 Å². The zero-order valence-electron chi connectivity index (χ0n) is 22.5. The van der Waals surface area contributed by atoms with E-state index >= 15 is 0 Å². The van der Waals surface area contributed by atoms with Crippen LogP contribution in [0.4, 0.5) is 4.39 Å². The predicted octanol–water partition coefficient (Wildman–Crippen LogP) is 5.65. The lowest BCUT2D eigenvalue weighted by Gasteiger charge is -2.09. The van der Waals surface area contributed by atoms with Crippen LogP contribution in [0.2, 0.25) is 0 Å². The summed E-state index contributed by atoms with van der Waals surface area (Å²) in [5.41, 5.74) is 20.8. The number of amidine groups is 1. The highest BCUT2D eigenvalue weighted by molar-refractivity contribution is 7.17. The molecule has 0 saturated heterocycles. The molecule has 0 radical (unpaired) electrons. The van der Waals surface area contributed by atoms with Gasteiger partial charge in [0, 0.05) is 54.8 Å². The molecule has 2 atom stereocenters. The van der Waals surface area contributed by atoms with Crippen LogP contribution in [0.15, 0.2) is 41.9 Å². The molecule has 1 aromatic heterocycles. The number of hydrogen-bond acceptors (Lipinski definition) is 5. The molecule has 9 heteroatoms. The number of hydrogen-bond donors (Lipinski definition) is 5. The lowest BCUT2D eigenvalue weighted by molar-refractivity contribution is 0.414. The van der Waals surface area contributed by atoms with E-state index in [1.807, 2.05) is 38.6 Å². The molecule has 0 saturated carbocycles. The Morgan fingerprint density at radius 2 is 1.89 bits per heavy atom. The Morgan fingerprint density at radius 1 is 1.31 bits per heavy atom. The van der Waals surface area contributed by atoms with Crippen molar-refractivity contribution in [2.75, 3.05) is 0 Å². The number of nitrogens with zero attached hydrogens (tertiary/aromatic N) is 2. The van der Waals surface area contributed by atoms with Crippen molar-refractivity contribution in [2.45, 2.75) is 72.1 Å². The summed E-state index contributed by atoms with van der Waals surface area (Å²) in [4.78, 5) is 4.57. The zero-order valence-corrected chi connectivity index (χ0v) is 23.7. The van der Waals surface area contributed by atoms with E-state index in [-0.39, 0.29) is 5.84 Å². The first-order valence-electron chi connectivity index (χ1n) is 11.9. The first kappa shape index (κ1) is 35.0. The number of terminal acetylenes is 1. The Hall–Kier alpha value is -3.17. The van der Waals surface area contributed by atoms with Gasteiger partial charge in [-0.2, -0.15) is 0 Å². The molecule has 0 amide bonds. The maximum absolute atomic E-state index is 12.0. The van der Waals surface area contributed by atoms with Crippen molar-refractivity contribution in [2.24, 2.45) is 24.2 Å². The van der Waals surface area contributed by atoms with Crippen LogP contribution in [0, 0.1) is 23.2 Å². The van der Waals surface area contributed by atoms with Crippen molar-refractivity contribution in [1.29, 1.82) is 10.8 Å². The highest BCUT2D eigenvalue weighted by Crippen LogP contribution is 2.22. The number of unbranched alkanes of at least 4 members (excludes halogenated alkanes) is 2. The molecule has 7 nitrogen and oxygen atoms in total. The molecule has 0 aliphatic heterocycles. The second kappa shape index (κ2) is 20.1. The van der Waals surface area contributed by atoms with Crippen LogP contribution in [-0.4, -0.2) is 27.5 Å². The van der Waals surface area contributed by atoms with Crippen molar-refractivity contribution in [1.82, 2.24) is 9.55 Å². The van der Waals surface area contributed by atoms with Gasteiger partial charge in [0.25, 0.3) is 0 Å². The first-order valence-corrected chi connectivity index (χ1v) is 12.5. The average Bonchev–Trinajstić information content (AvgIpc) is 3.20. The molecule has 0 spiro atoms. The van der Waals surface area contributed by atoms with Crippen LogP contribution < -0.4 is 17.2 Å². The Morgan fingerprint density at radius 3 is 2.31 bits per heavy atom. The fourth-order valence-corrected chi connectivity index (χ4v) is 3.02. The summed E-state index contributed by atoms with van der Waals surface area (Å²) in [7, 11) is 4.02. The molecular formula is C27H45FN7P. The predicted molar refractivity (Wildman–Crippen MR) is 158 cm³/mol. The van der Waals surface area contributed by atoms with E-state index in [9.17, 15) is 4.39 Å². The number of imidazole rings is 1. The number of nitrogens with two attached hydrogens (primary N) is 3. The van der Waals surface area contributed by atoms with Crippen molar-refractivity contribution >= 4 is 32.4 Å². The SMILES string of the molecule is C#CCC.C=C(N)C/C=C(N)\C(C=N)=C(/C)c1nc(/C(C)=C/C(=N)N)cn1C.CCCCCC(F)P. The van der Waals surface area contributed by atoms with E-state index in [4.69, 9.17) is 34.4 Å². The molecule has 0 aliphatic rings. The zero-order chi connectivity index (χ0) is 28.3. The molecule has 0 aliphatic carbocycles. The van der Waals surface area contributed by atoms with Crippen LogP contribution in [0.1, 0.15) is 77.7 Å². The Bertz CT molecular complexity index is 979. The monoisotopic (exact) mass is 517 g/mol. The molecule has 2 unspecified atom stereocenters. The van der Waals surface area contributed by atoms with E-state index < -0.39 is 5.91 Å². The minimum absolute atomic E-state index is 0.0265. The summed E-state index contributed by atoms with van der Waals surface area (Å²) in [5.74, 6) is 2.41. The van der Waals surface area contributed by atoms with Crippen molar-refractivity contribution in [3.63, 3.8) is 0 Å². The molecule has 8 N–H and O–H groups in total. The Balaban J connectivity index is 0. The fourth-order valence-electron chi connectivity index (χ4n) is 2.78. The summed E-state index contributed by atoms with van der Waals surface area (Å²) in [6, 6.07) is 0. The van der Waals surface area contributed by atoms with Gasteiger partial charge in [-0.25, -0.2) is 9.37 Å². The number of aromatic nitrogens is 2. The van der Waals surface area contributed by atoms with Gasteiger partial charge in [-0.05, 0) is 31.9 Å². The fraction of sp³-hybridized carbons (Fsp3) is 0.444. The quantitative estimate of drug-likeness (QED) is 0.0645. The summed E-state index contributed by atoms with van der Waals surface area (Å²) in [6.07, 6.45) is 16.5. The van der Waals surface area contributed by atoms with Crippen molar-refractivity contribution < 1.29 is 4.39 Å². The van der Waals surface area contributed by atoms with Gasteiger partial charge in [0.15, 0.2) is 0 Å². The molecular weight excluding hydrogens is 472 g/mol. The Labute approximate surface area is 219 Å². The largest absolute Gasteiger partial charge is 0.402 e. The second-order valence-corrected chi connectivity index (χ2v) is 8.84. The van der Waals surface area contributed by atoms with E-state index in [0.29, 0.717) is 41.3 Å². The molecule has 1 heterocycles. The average molecular weight is 518 g/mol. The molecule has 0 aromatic carbocycles. The maximum atomic E-state index is 12.0. The minimum Gasteiger partial charge on any atom is -0.402 e. The third-order valence-corrected chi connectivity index (χ3v) is 5.05. The molecule has 1 rings (SSSR count). The van der Waals surface area contributed by atoms with E-state index in [2.05, 4.69) is 33.6 Å². The van der Waals surface area contributed by atoms with Gasteiger partial charge in [-0.1, -0.05) is 45.8 Å². The molecule has 200 valence electrons. The lowest BCUT2D eigenvalue weighted by Crippen LogP contribution is -2.07. The van der Waals surface area contributed by atoms with Gasteiger partial charge in [0.05, 0.1) is 5.69 Å². The smallest absolute Gasteiger partial charge is 0.136 e. The molecule has 0 bridgehead atoms. The normalized spacial score (nSPS) is 12.6. The van der Waals surface area contributed by atoms with Crippen LogP contribution in [0.25, 0.3) is 11.1 Å². The number of alkyl halides is 1. The Kier molecular flexibility index (Phi) is 19.5. The standard InChI is InChI=1S/C17H25N7.C6H14FP.C4H6/c1-10(7-16(21)22)15-9-24(4)17(23-15)12(3)13(8-18)14(20)6-5-11(2)19;1-2-3-4-5-6(7)8;1-3-4-2/h6-9,18H,2,5,19-20H2,1,3-4H3,(H3,21,22);6H,2-5,8H2,1H3;1H,4H2,2H3/b10-7+,13-12+,14-6+,18-8?;;. The van der Waals surface area contributed by atoms with Gasteiger partial charge < -0.3 is 27.2 Å². The first-order chi connectivity index (χ1) is 16.9. The van der Waals surface area contributed by atoms with Gasteiger partial charge in [-0.3, -0.25) is 5.41 Å². The minimum atomic E-state index is -0.679. The van der Waals surface area contributed by atoms with E-state index in [1.165, 1.54) is 12.6 Å². The number of nitrogens with one attached hydrogen (secondary N) is 2. The second-order valence-electron chi connectivity index (χ2n) is 8.12. The summed E-state index contributed by atoms with van der Waals surface area (Å²) in [5, 5.41) is 15.0. The molecule has 1 aromatic rings. The summed E-state index contributed by atoms with van der Waals surface area (Å²) >= 11 is 0. The highest BCUT2D eigenvalue weighted by atomic mass is 31.0. The van der Waals surface area contributed by atoms with Gasteiger partial charge in [0.2, 0.25) is 0 Å². The third-order valence-electron chi connectivity index (χ3n) is 4.72. The maximum Gasteiger partial charge on any atom is 0.136 e. The number of aryl methyl sites for hydroxylation is 1. The molecule has 0 fully saturated rings. The molecule has 36 heavy (non-hydrogen) atoms. The van der Waals surface area contributed by atoms with Crippen LogP contribution in [-0.2, 0) is 7.05 Å². The van der Waals surface area contributed by atoms with Gasteiger partial charge >= 0.3 is 0 Å². The highest BCUT2D eigenvalue weighted by Gasteiger charge is 2.13. The third kappa shape index (κ3) is 15.7. The van der Waals surface area contributed by atoms with E-state index in [1.54, 1.807) is 12.2 Å². The topological polar surface area (TPSA) is 144 Å². The van der Waals surface area contributed by atoms with Gasteiger partial charge in [-0.15, -0.1) is 21.6 Å². The van der Waals surface area contributed by atoms with Gasteiger partial charge in [0.1, 0.15) is 17.6 Å². The number of halogens is 1. The lowest BCUT2D eigenvalue weighted by atomic mass is 10.1. The van der Waals surface area contributed by atoms with Crippen LogP contribution in [0.3, 0.4) is 0 Å².